The third-order valence-electron chi connectivity index (χ3n) is 4.01. The minimum atomic E-state index is -0.191. The SMILES string of the molecule is CCCc1nc2cc(C)ccn2c1C(=O)Nc1ccc(O)cc1C. The molecule has 0 saturated carbocycles. The fraction of sp³-hybridized carbons (Fsp3) is 0.263. The highest BCUT2D eigenvalue weighted by atomic mass is 16.3. The third-order valence-corrected chi connectivity index (χ3v) is 4.01. The van der Waals surface area contributed by atoms with Crippen molar-refractivity contribution in [1.82, 2.24) is 9.38 Å². The van der Waals surface area contributed by atoms with E-state index in [1.165, 1.54) is 0 Å². The van der Waals surface area contributed by atoms with E-state index >= 15 is 0 Å². The molecule has 0 spiro atoms. The van der Waals surface area contributed by atoms with Gasteiger partial charge in [-0.25, -0.2) is 4.98 Å². The van der Waals surface area contributed by atoms with E-state index in [4.69, 9.17) is 0 Å². The van der Waals surface area contributed by atoms with Crippen LogP contribution in [-0.2, 0) is 6.42 Å². The van der Waals surface area contributed by atoms with Crippen molar-refractivity contribution in [2.24, 2.45) is 0 Å². The minimum Gasteiger partial charge on any atom is -0.508 e. The molecule has 0 aliphatic rings. The fourth-order valence-corrected chi connectivity index (χ4v) is 2.82. The van der Waals surface area contributed by atoms with Crippen LogP contribution in [0.2, 0.25) is 0 Å². The van der Waals surface area contributed by atoms with Gasteiger partial charge in [-0.15, -0.1) is 0 Å². The lowest BCUT2D eigenvalue weighted by molar-refractivity contribution is 0.102. The zero-order valence-corrected chi connectivity index (χ0v) is 14.1. The number of fused-ring (bicyclic) bond motifs is 1. The van der Waals surface area contributed by atoms with Crippen LogP contribution in [0.15, 0.2) is 36.5 Å². The standard InChI is InChI=1S/C19H21N3O2/c1-4-5-16-18(22-9-8-12(2)10-17(22)20-16)19(24)21-15-7-6-14(23)11-13(15)3/h6-11,23H,4-5H2,1-3H3,(H,21,24). The number of phenolic OH excluding ortho intramolecular Hbond substituents is 1. The number of phenols is 1. The molecule has 2 aromatic heterocycles. The number of anilines is 1. The number of aromatic nitrogens is 2. The molecule has 3 rings (SSSR count). The Bertz CT molecular complexity index is 912. The Kier molecular flexibility index (Phi) is 4.25. The Hall–Kier alpha value is -2.82. The number of hydrogen-bond donors (Lipinski definition) is 2. The molecule has 1 aromatic carbocycles. The van der Waals surface area contributed by atoms with E-state index in [0.717, 1.165) is 35.3 Å². The second-order valence-electron chi connectivity index (χ2n) is 6.04. The summed E-state index contributed by atoms with van der Waals surface area (Å²) in [6, 6.07) is 8.83. The summed E-state index contributed by atoms with van der Waals surface area (Å²) in [5.41, 5.74) is 4.76. The summed E-state index contributed by atoms with van der Waals surface area (Å²) in [6.45, 7) is 5.93. The number of carbonyl (C=O) groups is 1. The highest BCUT2D eigenvalue weighted by Crippen LogP contribution is 2.22. The third kappa shape index (κ3) is 2.97. The summed E-state index contributed by atoms with van der Waals surface area (Å²) < 4.78 is 1.84. The maximum Gasteiger partial charge on any atom is 0.274 e. The normalized spacial score (nSPS) is 11.0. The van der Waals surface area contributed by atoms with Crippen molar-refractivity contribution in [3.05, 3.63) is 59.0 Å². The van der Waals surface area contributed by atoms with Gasteiger partial charge in [0.1, 0.15) is 17.1 Å². The van der Waals surface area contributed by atoms with Crippen LogP contribution in [0.4, 0.5) is 5.69 Å². The van der Waals surface area contributed by atoms with Gasteiger partial charge in [0, 0.05) is 11.9 Å². The first kappa shape index (κ1) is 16.1. The smallest absolute Gasteiger partial charge is 0.274 e. The Morgan fingerprint density at radius 1 is 1.25 bits per heavy atom. The topological polar surface area (TPSA) is 66.6 Å². The van der Waals surface area contributed by atoms with Gasteiger partial charge >= 0.3 is 0 Å². The van der Waals surface area contributed by atoms with E-state index < -0.39 is 0 Å². The quantitative estimate of drug-likeness (QED) is 0.716. The van der Waals surface area contributed by atoms with E-state index in [-0.39, 0.29) is 11.7 Å². The van der Waals surface area contributed by atoms with Gasteiger partial charge in [-0.1, -0.05) is 13.3 Å². The van der Waals surface area contributed by atoms with Crippen LogP contribution < -0.4 is 5.32 Å². The van der Waals surface area contributed by atoms with Crippen LogP contribution in [-0.4, -0.2) is 20.4 Å². The predicted molar refractivity (Wildman–Crippen MR) is 94.7 cm³/mol. The molecule has 0 radical (unpaired) electrons. The Morgan fingerprint density at radius 2 is 2.04 bits per heavy atom. The first-order chi connectivity index (χ1) is 11.5. The van der Waals surface area contributed by atoms with Crippen molar-refractivity contribution in [2.45, 2.75) is 33.6 Å². The van der Waals surface area contributed by atoms with E-state index in [1.54, 1.807) is 18.2 Å². The number of amides is 1. The van der Waals surface area contributed by atoms with E-state index in [9.17, 15) is 9.90 Å². The zero-order chi connectivity index (χ0) is 17.3. The summed E-state index contributed by atoms with van der Waals surface area (Å²) in [7, 11) is 0. The highest BCUT2D eigenvalue weighted by Gasteiger charge is 2.19. The molecular weight excluding hydrogens is 302 g/mol. The lowest BCUT2D eigenvalue weighted by atomic mass is 10.1. The molecule has 0 aliphatic heterocycles. The number of imidazole rings is 1. The summed E-state index contributed by atoms with van der Waals surface area (Å²) >= 11 is 0. The molecule has 124 valence electrons. The molecule has 2 N–H and O–H groups in total. The van der Waals surface area contributed by atoms with Crippen LogP contribution in [0.5, 0.6) is 5.75 Å². The first-order valence-electron chi connectivity index (χ1n) is 8.08. The van der Waals surface area contributed by atoms with Crippen molar-refractivity contribution < 1.29 is 9.90 Å². The zero-order valence-electron chi connectivity index (χ0n) is 14.1. The number of hydrogen-bond acceptors (Lipinski definition) is 3. The molecule has 0 aliphatic carbocycles. The number of nitrogens with one attached hydrogen (secondary N) is 1. The number of aryl methyl sites for hydroxylation is 3. The van der Waals surface area contributed by atoms with E-state index in [1.807, 2.05) is 36.6 Å². The molecule has 5 nitrogen and oxygen atoms in total. The monoisotopic (exact) mass is 323 g/mol. The number of aromatic hydroxyl groups is 1. The van der Waals surface area contributed by atoms with Gasteiger partial charge in [-0.3, -0.25) is 9.20 Å². The molecule has 24 heavy (non-hydrogen) atoms. The Morgan fingerprint density at radius 3 is 2.75 bits per heavy atom. The Balaban J connectivity index is 2.03. The van der Waals surface area contributed by atoms with Gasteiger partial charge in [-0.2, -0.15) is 0 Å². The number of nitrogens with zero attached hydrogens (tertiary/aromatic N) is 2. The summed E-state index contributed by atoms with van der Waals surface area (Å²) in [4.78, 5) is 17.5. The summed E-state index contributed by atoms with van der Waals surface area (Å²) in [5, 5.41) is 12.4. The Labute approximate surface area is 141 Å². The van der Waals surface area contributed by atoms with Gasteiger partial charge in [-0.05, 0) is 61.7 Å². The molecule has 2 heterocycles. The predicted octanol–water partition coefficient (Wildman–Crippen LogP) is 3.86. The van der Waals surface area contributed by atoms with E-state index in [0.29, 0.717) is 11.4 Å². The maximum atomic E-state index is 12.9. The number of benzene rings is 1. The van der Waals surface area contributed by atoms with Crippen LogP contribution in [0, 0.1) is 13.8 Å². The summed E-state index contributed by atoms with van der Waals surface area (Å²) in [5.74, 6) is -0.00829. The van der Waals surface area contributed by atoms with Crippen LogP contribution in [0.1, 0.15) is 40.7 Å². The molecule has 0 saturated heterocycles. The minimum absolute atomic E-state index is 0.183. The van der Waals surface area contributed by atoms with Gasteiger partial charge < -0.3 is 10.4 Å². The second kappa shape index (κ2) is 6.35. The molecular formula is C19H21N3O2. The molecule has 3 aromatic rings. The lowest BCUT2D eigenvalue weighted by Crippen LogP contribution is -2.17. The van der Waals surface area contributed by atoms with Crippen molar-refractivity contribution in [3.63, 3.8) is 0 Å². The average molecular weight is 323 g/mol. The van der Waals surface area contributed by atoms with Crippen LogP contribution in [0.25, 0.3) is 5.65 Å². The van der Waals surface area contributed by atoms with Gasteiger partial charge in [0.25, 0.3) is 5.91 Å². The number of pyridine rings is 1. The number of carbonyl (C=O) groups excluding carboxylic acids is 1. The van der Waals surface area contributed by atoms with Crippen LogP contribution in [0.3, 0.4) is 0 Å². The number of rotatable bonds is 4. The highest BCUT2D eigenvalue weighted by molar-refractivity contribution is 6.05. The second-order valence-corrected chi connectivity index (χ2v) is 6.04. The first-order valence-corrected chi connectivity index (χ1v) is 8.08. The van der Waals surface area contributed by atoms with Gasteiger partial charge in [0.15, 0.2) is 0 Å². The molecule has 1 amide bonds. The molecule has 0 unspecified atom stereocenters. The molecule has 5 heteroatoms. The van der Waals surface area contributed by atoms with Crippen molar-refractivity contribution in [3.8, 4) is 5.75 Å². The molecule has 0 fully saturated rings. The van der Waals surface area contributed by atoms with Gasteiger partial charge in [0.05, 0.1) is 5.69 Å². The van der Waals surface area contributed by atoms with Crippen molar-refractivity contribution >= 4 is 17.2 Å². The van der Waals surface area contributed by atoms with Crippen LogP contribution >= 0.6 is 0 Å². The summed E-state index contributed by atoms with van der Waals surface area (Å²) in [6.07, 6.45) is 3.55. The largest absolute Gasteiger partial charge is 0.508 e. The van der Waals surface area contributed by atoms with E-state index in [2.05, 4.69) is 17.2 Å². The van der Waals surface area contributed by atoms with Crippen molar-refractivity contribution in [2.75, 3.05) is 5.32 Å². The molecule has 0 bridgehead atoms. The lowest BCUT2D eigenvalue weighted by Gasteiger charge is -2.10. The van der Waals surface area contributed by atoms with Gasteiger partial charge in [0.2, 0.25) is 0 Å². The fourth-order valence-electron chi connectivity index (χ4n) is 2.82. The molecule has 0 atom stereocenters. The average Bonchev–Trinajstić information content (AvgIpc) is 2.87. The maximum absolute atomic E-state index is 12.9. The van der Waals surface area contributed by atoms with Crippen molar-refractivity contribution in [1.29, 1.82) is 0 Å².